The van der Waals surface area contributed by atoms with Gasteiger partial charge >= 0.3 is 0 Å². The van der Waals surface area contributed by atoms with Crippen molar-refractivity contribution in [3.8, 4) is 0 Å². The fourth-order valence-corrected chi connectivity index (χ4v) is 5.29. The van der Waals surface area contributed by atoms with Crippen LogP contribution in [0.5, 0.6) is 0 Å². The molecule has 0 aromatic heterocycles. The quantitative estimate of drug-likeness (QED) is 0.912. The van der Waals surface area contributed by atoms with E-state index in [1.165, 1.54) is 0 Å². The van der Waals surface area contributed by atoms with Crippen molar-refractivity contribution in [2.75, 3.05) is 0 Å². The summed E-state index contributed by atoms with van der Waals surface area (Å²) in [6.45, 7) is 0. The molecule has 0 heterocycles. The second kappa shape index (κ2) is 6.28. The zero-order chi connectivity index (χ0) is 16.7. The van der Waals surface area contributed by atoms with Gasteiger partial charge in [0.15, 0.2) is 0 Å². The third-order valence-corrected chi connectivity index (χ3v) is 6.93. The summed E-state index contributed by atoms with van der Waals surface area (Å²) in [6.07, 6.45) is 7.00. The largest absolute Gasteiger partial charge is 0.378 e. The normalized spacial score (nSPS) is 23.2. The number of hydrogen-bond donors (Lipinski definition) is 1. The van der Waals surface area contributed by atoms with Crippen molar-refractivity contribution in [1.29, 1.82) is 0 Å². The van der Waals surface area contributed by atoms with Crippen LogP contribution in [0.3, 0.4) is 0 Å². The number of hydrogen-bond acceptors (Lipinski definition) is 4. The Labute approximate surface area is 144 Å². The standard InChI is InChI=1S/C19H21NO3S/c21-17-14-8-4-5-9-15(14)18(22)19(16(17)20-12-10-11-12)24(23)13-6-2-1-3-7-13/h4-5,8-9,12-13,20H,1-3,6-7,10-11H2. The zero-order valence-electron chi connectivity index (χ0n) is 13.5. The molecule has 24 heavy (non-hydrogen) atoms. The van der Waals surface area contributed by atoms with Crippen molar-refractivity contribution in [3.63, 3.8) is 0 Å². The molecule has 0 amide bonds. The van der Waals surface area contributed by atoms with Gasteiger partial charge in [-0.05, 0) is 25.7 Å². The fraction of sp³-hybridized carbons (Fsp3) is 0.474. The number of allylic oxidation sites excluding steroid dienone is 2. The molecule has 3 aliphatic carbocycles. The van der Waals surface area contributed by atoms with Crippen LogP contribution in [0.1, 0.15) is 65.7 Å². The lowest BCUT2D eigenvalue weighted by molar-refractivity contribution is 0.0974. The molecule has 0 radical (unpaired) electrons. The molecular weight excluding hydrogens is 322 g/mol. The van der Waals surface area contributed by atoms with Crippen molar-refractivity contribution in [1.82, 2.24) is 5.32 Å². The van der Waals surface area contributed by atoms with E-state index in [1.807, 2.05) is 0 Å². The monoisotopic (exact) mass is 343 g/mol. The first-order valence-electron chi connectivity index (χ1n) is 8.76. The van der Waals surface area contributed by atoms with Gasteiger partial charge in [0.05, 0.1) is 10.8 Å². The van der Waals surface area contributed by atoms with Gasteiger partial charge in [-0.3, -0.25) is 13.8 Å². The van der Waals surface area contributed by atoms with E-state index >= 15 is 0 Å². The number of carbonyl (C=O) groups excluding carboxylic acids is 2. The molecule has 0 saturated heterocycles. The molecule has 1 atom stereocenters. The van der Waals surface area contributed by atoms with E-state index in [9.17, 15) is 13.8 Å². The molecule has 1 aromatic carbocycles. The minimum absolute atomic E-state index is 0.00762. The first-order chi connectivity index (χ1) is 11.7. The van der Waals surface area contributed by atoms with E-state index in [0.717, 1.165) is 44.9 Å². The summed E-state index contributed by atoms with van der Waals surface area (Å²) in [7, 11) is -1.42. The Morgan fingerprint density at radius 3 is 2.12 bits per heavy atom. The van der Waals surface area contributed by atoms with Gasteiger partial charge in [0.25, 0.3) is 0 Å². The Morgan fingerprint density at radius 1 is 0.875 bits per heavy atom. The lowest BCUT2D eigenvalue weighted by Gasteiger charge is -2.26. The van der Waals surface area contributed by atoms with E-state index in [0.29, 0.717) is 16.8 Å². The Hall–Kier alpha value is -1.75. The number of fused-ring (bicyclic) bond motifs is 1. The summed E-state index contributed by atoms with van der Waals surface area (Å²) in [6, 6.07) is 7.11. The Kier molecular flexibility index (Phi) is 4.12. The molecule has 0 aliphatic heterocycles. The highest BCUT2D eigenvalue weighted by atomic mass is 32.2. The molecule has 2 saturated carbocycles. The van der Waals surface area contributed by atoms with Crippen LogP contribution in [0.4, 0.5) is 0 Å². The smallest absolute Gasteiger partial charge is 0.210 e. The van der Waals surface area contributed by atoms with Crippen LogP contribution in [0.2, 0.25) is 0 Å². The number of nitrogens with one attached hydrogen (secondary N) is 1. The van der Waals surface area contributed by atoms with Crippen molar-refractivity contribution >= 4 is 22.4 Å². The van der Waals surface area contributed by atoms with Gasteiger partial charge in [-0.2, -0.15) is 0 Å². The Morgan fingerprint density at radius 2 is 1.50 bits per heavy atom. The third kappa shape index (κ3) is 2.75. The van der Waals surface area contributed by atoms with Crippen LogP contribution in [0, 0.1) is 0 Å². The van der Waals surface area contributed by atoms with Crippen LogP contribution in [0.25, 0.3) is 0 Å². The molecule has 5 heteroatoms. The van der Waals surface area contributed by atoms with Gasteiger partial charge in [-0.25, -0.2) is 0 Å². The van der Waals surface area contributed by atoms with Crippen LogP contribution >= 0.6 is 0 Å². The maximum absolute atomic E-state index is 13.2. The number of ketones is 2. The van der Waals surface area contributed by atoms with Crippen LogP contribution < -0.4 is 5.32 Å². The van der Waals surface area contributed by atoms with E-state index < -0.39 is 10.8 Å². The van der Waals surface area contributed by atoms with Gasteiger partial charge in [-0.1, -0.05) is 43.5 Å². The highest BCUT2D eigenvalue weighted by Crippen LogP contribution is 2.34. The highest BCUT2D eigenvalue weighted by molar-refractivity contribution is 7.90. The van der Waals surface area contributed by atoms with E-state index in [2.05, 4.69) is 5.32 Å². The summed E-state index contributed by atoms with van der Waals surface area (Å²) in [5.41, 5.74) is 1.11. The van der Waals surface area contributed by atoms with Crippen LogP contribution in [-0.2, 0) is 10.8 Å². The molecule has 1 aromatic rings. The number of rotatable bonds is 4. The average Bonchev–Trinajstić information content (AvgIpc) is 3.44. The van der Waals surface area contributed by atoms with Crippen molar-refractivity contribution in [2.24, 2.45) is 0 Å². The summed E-state index contributed by atoms with van der Waals surface area (Å²) < 4.78 is 13.2. The second-order valence-corrected chi connectivity index (χ2v) is 8.55. The van der Waals surface area contributed by atoms with Gasteiger partial charge in [0.2, 0.25) is 11.6 Å². The van der Waals surface area contributed by atoms with E-state index in [-0.39, 0.29) is 27.8 Å². The molecular formula is C19H21NO3S. The predicted molar refractivity (Wildman–Crippen MR) is 93.3 cm³/mol. The Balaban J connectivity index is 1.77. The van der Waals surface area contributed by atoms with E-state index in [4.69, 9.17) is 0 Å². The molecule has 1 unspecified atom stereocenters. The predicted octanol–water partition coefficient (Wildman–Crippen LogP) is 3.11. The van der Waals surface area contributed by atoms with E-state index in [1.54, 1.807) is 24.3 Å². The molecule has 3 aliphatic rings. The van der Waals surface area contributed by atoms with Crippen molar-refractivity contribution < 1.29 is 13.8 Å². The molecule has 1 N–H and O–H groups in total. The molecule has 4 nitrogen and oxygen atoms in total. The first-order valence-corrected chi connectivity index (χ1v) is 9.98. The lowest BCUT2D eigenvalue weighted by Crippen LogP contribution is -2.35. The topological polar surface area (TPSA) is 63.2 Å². The maximum atomic E-state index is 13.2. The Bertz CT molecular complexity index is 758. The summed E-state index contributed by atoms with van der Waals surface area (Å²) in [5, 5.41) is 3.19. The number of Topliss-reactive ketones (excluding diaryl/α,β-unsaturated/α-hetero) is 2. The zero-order valence-corrected chi connectivity index (χ0v) is 14.4. The van der Waals surface area contributed by atoms with Crippen molar-refractivity contribution in [2.45, 2.75) is 56.2 Å². The molecule has 4 rings (SSSR count). The molecule has 2 fully saturated rings. The SMILES string of the molecule is O=C1C(NC2CC2)=C(S(=O)C2CCCCC2)C(=O)c2ccccc21. The molecule has 126 valence electrons. The number of carbonyl (C=O) groups is 2. The molecule has 0 spiro atoms. The summed E-state index contributed by atoms with van der Waals surface area (Å²) in [5.74, 6) is -0.423. The lowest BCUT2D eigenvalue weighted by atomic mass is 9.92. The second-order valence-electron chi connectivity index (χ2n) is 6.88. The van der Waals surface area contributed by atoms with Crippen LogP contribution in [0.15, 0.2) is 34.9 Å². The summed E-state index contributed by atoms with van der Waals surface area (Å²) >= 11 is 0. The highest BCUT2D eigenvalue weighted by Gasteiger charge is 2.39. The van der Waals surface area contributed by atoms with Gasteiger partial charge in [0.1, 0.15) is 10.6 Å². The summed E-state index contributed by atoms with van der Waals surface area (Å²) in [4.78, 5) is 26.2. The number of benzene rings is 1. The van der Waals surface area contributed by atoms with Gasteiger partial charge in [-0.15, -0.1) is 0 Å². The van der Waals surface area contributed by atoms with Gasteiger partial charge < -0.3 is 5.32 Å². The minimum Gasteiger partial charge on any atom is -0.378 e. The first kappa shape index (κ1) is 15.8. The minimum atomic E-state index is -1.42. The fourth-order valence-electron chi connectivity index (χ4n) is 3.55. The maximum Gasteiger partial charge on any atom is 0.210 e. The molecule has 0 bridgehead atoms. The average molecular weight is 343 g/mol. The van der Waals surface area contributed by atoms with Crippen molar-refractivity contribution in [3.05, 3.63) is 46.0 Å². The van der Waals surface area contributed by atoms with Gasteiger partial charge in [0, 0.05) is 22.4 Å². The third-order valence-electron chi connectivity index (χ3n) is 5.06. The van der Waals surface area contributed by atoms with Crippen LogP contribution in [-0.4, -0.2) is 27.1 Å².